The molecule has 0 aliphatic carbocycles. The predicted molar refractivity (Wildman–Crippen MR) is 52.4 cm³/mol. The van der Waals surface area contributed by atoms with E-state index >= 15 is 0 Å². The first-order valence-corrected chi connectivity index (χ1v) is 4.81. The van der Waals surface area contributed by atoms with Crippen molar-refractivity contribution < 1.29 is 5.11 Å². The van der Waals surface area contributed by atoms with E-state index in [-0.39, 0.29) is 0 Å². The van der Waals surface area contributed by atoms with Crippen LogP contribution in [0.5, 0.6) is 0 Å². The van der Waals surface area contributed by atoms with Crippen molar-refractivity contribution in [2.45, 2.75) is 19.8 Å². The minimum atomic E-state index is 0.320. The zero-order valence-corrected chi connectivity index (χ0v) is 8.34. The average Bonchev–Trinajstić information content (AvgIpc) is 2.06. The van der Waals surface area contributed by atoms with Crippen molar-refractivity contribution in [3.63, 3.8) is 0 Å². The van der Waals surface area contributed by atoms with Gasteiger partial charge in [0, 0.05) is 19.7 Å². The Kier molecular flexibility index (Phi) is 8.88. The summed E-state index contributed by atoms with van der Waals surface area (Å²) in [7, 11) is 2.12. The minimum Gasteiger partial charge on any atom is -0.396 e. The Bertz CT molecular complexity index is 78.6. The number of aliphatic hydroxyl groups is 1. The van der Waals surface area contributed by atoms with Gasteiger partial charge in [-0.3, -0.25) is 0 Å². The fraction of sp³-hybridized carbons (Fsp3) is 1.00. The van der Waals surface area contributed by atoms with Crippen molar-refractivity contribution in [3.05, 3.63) is 0 Å². The molecule has 0 aromatic carbocycles. The van der Waals surface area contributed by atoms with Crippen molar-refractivity contribution in [3.8, 4) is 0 Å². The molecule has 0 spiro atoms. The number of nitrogens with zero attached hydrogens (tertiary/aromatic N) is 1. The van der Waals surface area contributed by atoms with Crippen LogP contribution in [0, 0.1) is 0 Å². The van der Waals surface area contributed by atoms with Gasteiger partial charge in [-0.25, -0.2) is 0 Å². The summed E-state index contributed by atoms with van der Waals surface area (Å²) >= 11 is 0. The van der Waals surface area contributed by atoms with E-state index in [2.05, 4.69) is 24.2 Å². The second kappa shape index (κ2) is 8.97. The first-order chi connectivity index (χ1) is 5.81. The lowest BCUT2D eigenvalue weighted by Crippen LogP contribution is -2.29. The smallest absolute Gasteiger partial charge is 0.0431 e. The van der Waals surface area contributed by atoms with Crippen molar-refractivity contribution in [1.82, 2.24) is 10.2 Å². The van der Waals surface area contributed by atoms with E-state index in [1.54, 1.807) is 0 Å². The third kappa shape index (κ3) is 7.98. The number of nitrogens with one attached hydrogen (secondary N) is 1. The summed E-state index contributed by atoms with van der Waals surface area (Å²) in [6, 6.07) is 0. The number of hydrogen-bond acceptors (Lipinski definition) is 3. The number of aliphatic hydroxyl groups excluding tert-OH is 1. The predicted octanol–water partition coefficient (Wildman–Crippen LogP) is 0.300. The van der Waals surface area contributed by atoms with Crippen LogP contribution < -0.4 is 5.32 Å². The van der Waals surface area contributed by atoms with Crippen LogP contribution in [0.25, 0.3) is 0 Å². The van der Waals surface area contributed by atoms with Gasteiger partial charge in [0.1, 0.15) is 0 Å². The van der Waals surface area contributed by atoms with Crippen molar-refractivity contribution in [2.75, 3.05) is 39.8 Å². The maximum atomic E-state index is 8.56. The van der Waals surface area contributed by atoms with Crippen LogP contribution in [-0.4, -0.2) is 49.8 Å². The summed E-state index contributed by atoms with van der Waals surface area (Å²) in [5.41, 5.74) is 0. The van der Waals surface area contributed by atoms with E-state index in [1.165, 1.54) is 0 Å². The Balaban J connectivity index is 3.04. The summed E-state index contributed by atoms with van der Waals surface area (Å²) < 4.78 is 0. The molecule has 0 rings (SSSR count). The molecule has 0 amide bonds. The van der Waals surface area contributed by atoms with Crippen LogP contribution in [0.1, 0.15) is 19.8 Å². The second-order valence-electron chi connectivity index (χ2n) is 3.09. The molecule has 0 heterocycles. The molecule has 0 aliphatic heterocycles. The number of hydrogen-bond donors (Lipinski definition) is 2. The van der Waals surface area contributed by atoms with Gasteiger partial charge in [-0.2, -0.15) is 0 Å². The zero-order valence-electron chi connectivity index (χ0n) is 8.34. The Morgan fingerprint density at radius 1 is 1.25 bits per heavy atom. The summed E-state index contributed by atoms with van der Waals surface area (Å²) in [6.45, 7) is 6.73. The van der Waals surface area contributed by atoms with Crippen LogP contribution in [0.15, 0.2) is 0 Å². The van der Waals surface area contributed by atoms with Crippen LogP contribution in [0.2, 0.25) is 0 Å². The molecule has 0 aliphatic rings. The average molecular weight is 174 g/mol. The number of unbranched alkanes of at least 4 members (excludes halogenated alkanes) is 1. The largest absolute Gasteiger partial charge is 0.396 e. The summed E-state index contributed by atoms with van der Waals surface area (Å²) in [5, 5.41) is 11.8. The Hall–Kier alpha value is -0.120. The first-order valence-electron chi connectivity index (χ1n) is 4.81. The standard InChI is InChI=1S/C9H22N2O/c1-3-10-6-8-11(2)7-4-5-9-12/h10,12H,3-9H2,1-2H3. The lowest BCUT2D eigenvalue weighted by atomic mass is 10.3. The zero-order chi connectivity index (χ0) is 9.23. The topological polar surface area (TPSA) is 35.5 Å². The van der Waals surface area contributed by atoms with E-state index in [0.29, 0.717) is 6.61 Å². The second-order valence-corrected chi connectivity index (χ2v) is 3.09. The lowest BCUT2D eigenvalue weighted by Gasteiger charge is -2.15. The third-order valence-electron chi connectivity index (χ3n) is 1.87. The van der Waals surface area contributed by atoms with Gasteiger partial charge in [0.25, 0.3) is 0 Å². The van der Waals surface area contributed by atoms with Crippen molar-refractivity contribution >= 4 is 0 Å². The quantitative estimate of drug-likeness (QED) is 0.520. The number of rotatable bonds is 8. The third-order valence-corrected chi connectivity index (χ3v) is 1.87. The highest BCUT2D eigenvalue weighted by atomic mass is 16.2. The molecule has 12 heavy (non-hydrogen) atoms. The summed E-state index contributed by atoms with van der Waals surface area (Å²) in [5.74, 6) is 0. The Labute approximate surface area is 75.8 Å². The molecule has 0 radical (unpaired) electrons. The molecular weight excluding hydrogens is 152 g/mol. The van der Waals surface area contributed by atoms with E-state index < -0.39 is 0 Å². The van der Waals surface area contributed by atoms with Gasteiger partial charge < -0.3 is 15.3 Å². The normalized spacial score (nSPS) is 11.0. The van der Waals surface area contributed by atoms with Crippen LogP contribution in [0.3, 0.4) is 0 Å². The monoisotopic (exact) mass is 174 g/mol. The molecule has 3 nitrogen and oxygen atoms in total. The molecule has 0 aromatic heterocycles. The van der Waals surface area contributed by atoms with Gasteiger partial charge in [0.15, 0.2) is 0 Å². The van der Waals surface area contributed by atoms with Gasteiger partial charge in [-0.1, -0.05) is 6.92 Å². The first kappa shape index (κ1) is 11.9. The maximum Gasteiger partial charge on any atom is 0.0431 e. The van der Waals surface area contributed by atoms with E-state index in [4.69, 9.17) is 5.11 Å². The van der Waals surface area contributed by atoms with Crippen LogP contribution >= 0.6 is 0 Å². The van der Waals surface area contributed by atoms with Crippen molar-refractivity contribution in [2.24, 2.45) is 0 Å². The van der Waals surface area contributed by atoms with E-state index in [0.717, 1.165) is 39.0 Å². The highest BCUT2D eigenvalue weighted by Crippen LogP contribution is 1.90. The van der Waals surface area contributed by atoms with E-state index in [1.807, 2.05) is 0 Å². The van der Waals surface area contributed by atoms with Gasteiger partial charge >= 0.3 is 0 Å². The molecule has 2 N–H and O–H groups in total. The van der Waals surface area contributed by atoms with Gasteiger partial charge in [-0.05, 0) is 33.0 Å². The lowest BCUT2D eigenvalue weighted by molar-refractivity contribution is 0.263. The van der Waals surface area contributed by atoms with E-state index in [9.17, 15) is 0 Å². The maximum absolute atomic E-state index is 8.56. The highest BCUT2D eigenvalue weighted by molar-refractivity contribution is 4.53. The molecular formula is C9H22N2O. The highest BCUT2D eigenvalue weighted by Gasteiger charge is 1.95. The molecule has 0 aromatic rings. The SMILES string of the molecule is CCNCCN(C)CCCCO. The van der Waals surface area contributed by atoms with Gasteiger partial charge in [-0.15, -0.1) is 0 Å². The molecule has 3 heteroatoms. The summed E-state index contributed by atoms with van der Waals surface area (Å²) in [4.78, 5) is 2.29. The molecule has 0 fully saturated rings. The molecule has 0 unspecified atom stereocenters. The molecule has 0 saturated heterocycles. The van der Waals surface area contributed by atoms with Gasteiger partial charge in [0.05, 0.1) is 0 Å². The Morgan fingerprint density at radius 3 is 2.58 bits per heavy atom. The van der Waals surface area contributed by atoms with Crippen molar-refractivity contribution in [1.29, 1.82) is 0 Å². The fourth-order valence-electron chi connectivity index (χ4n) is 1.05. The van der Waals surface area contributed by atoms with Crippen LogP contribution in [0.4, 0.5) is 0 Å². The minimum absolute atomic E-state index is 0.320. The molecule has 74 valence electrons. The number of likely N-dealkylation sites (N-methyl/N-ethyl adjacent to an activating group) is 2. The molecule has 0 bridgehead atoms. The molecule has 0 saturated carbocycles. The Morgan fingerprint density at radius 2 is 2.00 bits per heavy atom. The van der Waals surface area contributed by atoms with Gasteiger partial charge in [0.2, 0.25) is 0 Å². The van der Waals surface area contributed by atoms with Crippen LogP contribution in [-0.2, 0) is 0 Å². The fourth-order valence-corrected chi connectivity index (χ4v) is 1.05. The summed E-state index contributed by atoms with van der Waals surface area (Å²) in [6.07, 6.45) is 2.02. The molecule has 0 atom stereocenters.